The van der Waals surface area contributed by atoms with Crippen LogP contribution in [-0.2, 0) is 10.0 Å². The second kappa shape index (κ2) is 8.86. The number of methoxy groups -OCH3 is 1. The zero-order valence-electron chi connectivity index (χ0n) is 16.2. The minimum absolute atomic E-state index is 0.0552. The lowest BCUT2D eigenvalue weighted by Crippen LogP contribution is -2.43. The number of benzene rings is 1. The third-order valence-electron chi connectivity index (χ3n) is 5.09. The number of hydrogen-bond acceptors (Lipinski definition) is 4. The maximum atomic E-state index is 13.0. The number of ether oxygens (including phenoxy) is 1. The third-order valence-corrected chi connectivity index (χ3v) is 7.16. The van der Waals surface area contributed by atoms with Crippen LogP contribution in [0.4, 0.5) is 0 Å². The molecule has 0 aromatic heterocycles. The number of amides is 1. The van der Waals surface area contributed by atoms with Crippen LogP contribution < -0.4 is 4.74 Å². The Labute approximate surface area is 157 Å². The minimum Gasteiger partial charge on any atom is -0.495 e. The largest absolute Gasteiger partial charge is 0.495 e. The van der Waals surface area contributed by atoms with Crippen LogP contribution in [0.3, 0.4) is 0 Å². The molecule has 1 heterocycles. The van der Waals surface area contributed by atoms with Crippen molar-refractivity contribution in [3.63, 3.8) is 0 Å². The van der Waals surface area contributed by atoms with Crippen LogP contribution in [0.5, 0.6) is 5.75 Å². The van der Waals surface area contributed by atoms with E-state index in [1.54, 1.807) is 26.0 Å². The van der Waals surface area contributed by atoms with E-state index >= 15 is 0 Å². The Hall–Kier alpha value is -1.60. The summed E-state index contributed by atoms with van der Waals surface area (Å²) in [6, 6.07) is 4.93. The van der Waals surface area contributed by atoms with Gasteiger partial charge in [0.15, 0.2) is 0 Å². The van der Waals surface area contributed by atoms with Crippen molar-refractivity contribution in [2.45, 2.75) is 57.4 Å². The summed E-state index contributed by atoms with van der Waals surface area (Å²) >= 11 is 0. The van der Waals surface area contributed by atoms with Gasteiger partial charge in [-0.1, -0.05) is 20.8 Å². The third kappa shape index (κ3) is 4.04. The lowest BCUT2D eigenvalue weighted by molar-refractivity contribution is 0.0607. The molecule has 0 aliphatic carbocycles. The zero-order valence-corrected chi connectivity index (χ0v) is 17.0. The zero-order chi connectivity index (χ0) is 19.3. The molecule has 1 aromatic carbocycles. The summed E-state index contributed by atoms with van der Waals surface area (Å²) in [6.07, 6.45) is 4.03. The number of likely N-dealkylation sites (tertiary alicyclic amines) is 1. The van der Waals surface area contributed by atoms with Gasteiger partial charge in [0.05, 0.1) is 7.11 Å². The molecule has 0 bridgehead atoms. The van der Waals surface area contributed by atoms with Crippen molar-refractivity contribution in [1.82, 2.24) is 9.21 Å². The molecule has 1 aliphatic heterocycles. The van der Waals surface area contributed by atoms with E-state index in [2.05, 4.69) is 6.92 Å². The molecule has 0 unspecified atom stereocenters. The normalized spacial score (nSPS) is 18.2. The van der Waals surface area contributed by atoms with Gasteiger partial charge in [0.1, 0.15) is 10.6 Å². The Bertz CT molecular complexity index is 729. The summed E-state index contributed by atoms with van der Waals surface area (Å²) in [5.41, 5.74) is 0.400. The molecule has 1 saturated heterocycles. The summed E-state index contributed by atoms with van der Waals surface area (Å²) in [5.74, 6) is 0.161. The number of carbonyl (C=O) groups is 1. The van der Waals surface area contributed by atoms with E-state index in [0.29, 0.717) is 18.7 Å². The molecular weight excluding hydrogens is 352 g/mol. The number of sulfonamides is 1. The van der Waals surface area contributed by atoms with E-state index in [-0.39, 0.29) is 22.6 Å². The molecule has 0 radical (unpaired) electrons. The van der Waals surface area contributed by atoms with Gasteiger partial charge in [0.2, 0.25) is 10.0 Å². The molecule has 7 heteroatoms. The van der Waals surface area contributed by atoms with Crippen LogP contribution in [-0.4, -0.2) is 56.3 Å². The Balaban J connectivity index is 2.45. The molecule has 1 fully saturated rings. The first-order valence-electron chi connectivity index (χ1n) is 9.39. The lowest BCUT2D eigenvalue weighted by atomic mass is 9.99. The first kappa shape index (κ1) is 20.7. The number of nitrogens with zero attached hydrogens (tertiary/aromatic N) is 2. The van der Waals surface area contributed by atoms with Gasteiger partial charge in [-0.3, -0.25) is 4.79 Å². The van der Waals surface area contributed by atoms with Gasteiger partial charge in [-0.05, 0) is 43.9 Å². The quantitative estimate of drug-likeness (QED) is 0.727. The topological polar surface area (TPSA) is 66.9 Å². The fourth-order valence-corrected chi connectivity index (χ4v) is 5.21. The predicted molar refractivity (Wildman–Crippen MR) is 102 cm³/mol. The highest BCUT2D eigenvalue weighted by Gasteiger charge is 2.30. The first-order valence-corrected chi connectivity index (χ1v) is 10.8. The minimum atomic E-state index is -3.71. The van der Waals surface area contributed by atoms with Crippen molar-refractivity contribution in [3.05, 3.63) is 23.8 Å². The van der Waals surface area contributed by atoms with Gasteiger partial charge in [-0.2, -0.15) is 4.31 Å². The summed E-state index contributed by atoms with van der Waals surface area (Å²) in [4.78, 5) is 15.0. The molecule has 0 spiro atoms. The molecule has 1 atom stereocenters. The second-order valence-corrected chi connectivity index (χ2v) is 8.42. The molecule has 0 saturated carbocycles. The average molecular weight is 383 g/mol. The van der Waals surface area contributed by atoms with Crippen molar-refractivity contribution in [3.8, 4) is 5.75 Å². The highest BCUT2D eigenvalue weighted by molar-refractivity contribution is 7.89. The molecular formula is C19H30N2O4S. The molecule has 1 aromatic rings. The summed E-state index contributed by atoms with van der Waals surface area (Å²) in [5, 5.41) is 0. The van der Waals surface area contributed by atoms with Crippen molar-refractivity contribution in [2.24, 2.45) is 0 Å². The molecule has 26 heavy (non-hydrogen) atoms. The van der Waals surface area contributed by atoms with Gasteiger partial charge in [0, 0.05) is 31.2 Å². The maximum Gasteiger partial charge on any atom is 0.254 e. The highest BCUT2D eigenvalue weighted by Crippen LogP contribution is 2.29. The van der Waals surface area contributed by atoms with Crippen molar-refractivity contribution >= 4 is 15.9 Å². The van der Waals surface area contributed by atoms with E-state index < -0.39 is 10.0 Å². The van der Waals surface area contributed by atoms with Gasteiger partial charge in [0.25, 0.3) is 5.91 Å². The smallest absolute Gasteiger partial charge is 0.254 e. The molecule has 146 valence electrons. The fourth-order valence-electron chi connectivity index (χ4n) is 3.57. The Morgan fingerprint density at radius 3 is 2.50 bits per heavy atom. The number of hydrogen-bond donors (Lipinski definition) is 0. The maximum absolute atomic E-state index is 13.0. The summed E-state index contributed by atoms with van der Waals surface area (Å²) in [6.45, 7) is 7.13. The molecule has 2 rings (SSSR count). The lowest BCUT2D eigenvalue weighted by Gasteiger charge is -2.35. The molecule has 0 N–H and O–H groups in total. The van der Waals surface area contributed by atoms with E-state index in [1.807, 2.05) is 4.90 Å². The molecule has 1 aliphatic rings. The van der Waals surface area contributed by atoms with Crippen LogP contribution >= 0.6 is 0 Å². The van der Waals surface area contributed by atoms with Crippen LogP contribution in [0.2, 0.25) is 0 Å². The monoisotopic (exact) mass is 382 g/mol. The number of piperidine rings is 1. The Morgan fingerprint density at radius 2 is 1.92 bits per heavy atom. The average Bonchev–Trinajstić information content (AvgIpc) is 2.67. The van der Waals surface area contributed by atoms with Crippen LogP contribution in [0.15, 0.2) is 23.1 Å². The fraction of sp³-hybridized carbons (Fsp3) is 0.632. The standard InChI is InChI=1S/C19H30N2O4S/c1-5-16-10-8-9-13-21(16)19(22)15-11-12-17(25-4)18(14-15)26(23,24)20(6-2)7-3/h11-12,14,16H,5-10,13H2,1-4H3/t16-/m0/s1. The first-order chi connectivity index (χ1) is 12.4. The second-order valence-electron chi connectivity index (χ2n) is 6.51. The van der Waals surface area contributed by atoms with Crippen molar-refractivity contribution in [1.29, 1.82) is 0 Å². The predicted octanol–water partition coefficient (Wildman–Crippen LogP) is 3.13. The van der Waals surface area contributed by atoms with Crippen LogP contribution in [0, 0.1) is 0 Å². The van der Waals surface area contributed by atoms with Crippen molar-refractivity contribution in [2.75, 3.05) is 26.7 Å². The van der Waals surface area contributed by atoms with E-state index in [0.717, 1.165) is 32.2 Å². The summed E-state index contributed by atoms with van der Waals surface area (Å²) in [7, 11) is -2.27. The van der Waals surface area contributed by atoms with E-state index in [9.17, 15) is 13.2 Å². The SMILES string of the molecule is CC[C@H]1CCCCN1C(=O)c1ccc(OC)c(S(=O)(=O)N(CC)CC)c1. The van der Waals surface area contributed by atoms with E-state index in [1.165, 1.54) is 17.5 Å². The number of carbonyl (C=O) groups excluding carboxylic acids is 1. The van der Waals surface area contributed by atoms with Gasteiger partial charge >= 0.3 is 0 Å². The summed E-state index contributed by atoms with van der Waals surface area (Å²) < 4.78 is 32.6. The molecule has 6 nitrogen and oxygen atoms in total. The van der Waals surface area contributed by atoms with Crippen molar-refractivity contribution < 1.29 is 17.9 Å². The Morgan fingerprint density at radius 1 is 1.23 bits per heavy atom. The van der Waals surface area contributed by atoms with Crippen LogP contribution in [0.1, 0.15) is 56.8 Å². The van der Waals surface area contributed by atoms with Crippen LogP contribution in [0.25, 0.3) is 0 Å². The molecule has 1 amide bonds. The number of rotatable bonds is 7. The van der Waals surface area contributed by atoms with Gasteiger partial charge in [-0.25, -0.2) is 8.42 Å². The Kier molecular flexibility index (Phi) is 7.06. The highest BCUT2D eigenvalue weighted by atomic mass is 32.2. The van der Waals surface area contributed by atoms with E-state index in [4.69, 9.17) is 4.74 Å². The van der Waals surface area contributed by atoms with Gasteiger partial charge < -0.3 is 9.64 Å². The van der Waals surface area contributed by atoms with Gasteiger partial charge in [-0.15, -0.1) is 0 Å².